The third kappa shape index (κ3) is 4.36. The summed E-state index contributed by atoms with van der Waals surface area (Å²) in [5, 5.41) is 16.5. The molecule has 0 radical (unpaired) electrons. The van der Waals surface area contributed by atoms with Crippen LogP contribution in [0.1, 0.15) is 12.0 Å². The summed E-state index contributed by atoms with van der Waals surface area (Å²) >= 11 is 6.52. The van der Waals surface area contributed by atoms with Crippen LogP contribution in [0, 0.1) is 17.0 Å². The Kier molecular flexibility index (Phi) is 6.27. The average molecular weight is 506 g/mol. The van der Waals surface area contributed by atoms with Gasteiger partial charge < -0.3 is 19.7 Å². The summed E-state index contributed by atoms with van der Waals surface area (Å²) < 4.78 is 2.06. The largest absolute Gasteiger partial charge is 0.364 e. The van der Waals surface area contributed by atoms with Crippen molar-refractivity contribution < 1.29 is 4.92 Å². The highest BCUT2D eigenvalue weighted by Crippen LogP contribution is 2.37. The molecule has 3 heterocycles. The number of para-hydroxylation sites is 1. The van der Waals surface area contributed by atoms with Crippen molar-refractivity contribution in [3.8, 4) is 11.3 Å². The Morgan fingerprint density at radius 3 is 2.78 bits per heavy atom. The molecule has 1 aliphatic heterocycles. The second-order valence-electron chi connectivity index (χ2n) is 9.45. The summed E-state index contributed by atoms with van der Waals surface area (Å²) in [5.41, 5.74) is 4.99. The lowest BCUT2D eigenvalue weighted by atomic mass is 10.1. The summed E-state index contributed by atoms with van der Waals surface area (Å²) in [5.74, 6) is 0.315. The molecular formula is C26H28ClN7O2. The van der Waals surface area contributed by atoms with Crippen molar-refractivity contribution in [2.75, 3.05) is 37.4 Å². The Labute approximate surface area is 214 Å². The monoisotopic (exact) mass is 505 g/mol. The number of aromatic nitrogens is 3. The molecule has 2 aromatic carbocycles. The van der Waals surface area contributed by atoms with E-state index in [0.717, 1.165) is 41.5 Å². The van der Waals surface area contributed by atoms with E-state index >= 15 is 0 Å². The Morgan fingerprint density at radius 1 is 1.25 bits per heavy atom. The number of fused-ring (bicyclic) bond motifs is 1. The lowest BCUT2D eigenvalue weighted by molar-refractivity contribution is -0.384. The zero-order chi connectivity index (χ0) is 25.6. The molecule has 5 rings (SSSR count). The molecule has 1 atom stereocenters. The maximum atomic E-state index is 11.9. The Bertz CT molecular complexity index is 1470. The Morgan fingerprint density at radius 2 is 2.06 bits per heavy atom. The van der Waals surface area contributed by atoms with Gasteiger partial charge in [0.1, 0.15) is 5.69 Å². The van der Waals surface area contributed by atoms with E-state index in [9.17, 15) is 10.1 Å². The van der Waals surface area contributed by atoms with Crippen molar-refractivity contribution >= 4 is 45.5 Å². The van der Waals surface area contributed by atoms with E-state index in [1.165, 1.54) is 6.07 Å². The molecule has 4 aromatic rings. The SMILES string of the molecule is Cc1cccc2c(-c3nc(Nc4ccc(N5CC[C@H](N(C)C)C5)c([N+](=O)[O-])c4)ncc3Cl)cn(C)c12. The van der Waals surface area contributed by atoms with Crippen LogP contribution in [0.5, 0.6) is 0 Å². The first-order chi connectivity index (χ1) is 17.2. The first-order valence-electron chi connectivity index (χ1n) is 11.8. The number of anilines is 3. The fraction of sp³-hybridized carbons (Fsp3) is 0.308. The zero-order valence-electron chi connectivity index (χ0n) is 20.7. The molecule has 1 N–H and O–H groups in total. The van der Waals surface area contributed by atoms with Gasteiger partial charge in [-0.1, -0.05) is 29.8 Å². The quantitative estimate of drug-likeness (QED) is 0.277. The third-order valence-electron chi connectivity index (χ3n) is 6.87. The smallest absolute Gasteiger partial charge is 0.294 e. The number of nitrogens with one attached hydrogen (secondary N) is 1. The zero-order valence-corrected chi connectivity index (χ0v) is 21.5. The van der Waals surface area contributed by atoms with Gasteiger partial charge in [-0.05, 0) is 45.1 Å². The summed E-state index contributed by atoms with van der Waals surface area (Å²) in [6.07, 6.45) is 4.53. The summed E-state index contributed by atoms with van der Waals surface area (Å²) in [7, 11) is 6.07. The Balaban J connectivity index is 1.47. The molecule has 1 fully saturated rings. The van der Waals surface area contributed by atoms with Crippen LogP contribution >= 0.6 is 11.6 Å². The van der Waals surface area contributed by atoms with E-state index in [2.05, 4.69) is 42.6 Å². The van der Waals surface area contributed by atoms with E-state index in [1.807, 2.05) is 45.5 Å². The fourth-order valence-corrected chi connectivity index (χ4v) is 5.20. The van der Waals surface area contributed by atoms with Crippen molar-refractivity contribution in [3.63, 3.8) is 0 Å². The van der Waals surface area contributed by atoms with Crippen molar-refractivity contribution in [1.29, 1.82) is 0 Å². The summed E-state index contributed by atoms with van der Waals surface area (Å²) in [6, 6.07) is 11.7. The third-order valence-corrected chi connectivity index (χ3v) is 7.14. The molecule has 9 nitrogen and oxygen atoms in total. The number of nitro groups is 1. The first kappa shape index (κ1) is 24.0. The van der Waals surface area contributed by atoms with Crippen LogP contribution in [0.15, 0.2) is 48.8 Å². The van der Waals surface area contributed by atoms with E-state index in [-0.39, 0.29) is 10.6 Å². The number of halogens is 1. The first-order valence-corrected chi connectivity index (χ1v) is 12.1. The maximum absolute atomic E-state index is 11.9. The van der Waals surface area contributed by atoms with E-state index in [1.54, 1.807) is 12.3 Å². The number of nitrogens with zero attached hydrogens (tertiary/aromatic N) is 6. The van der Waals surface area contributed by atoms with Gasteiger partial charge in [0.25, 0.3) is 5.69 Å². The van der Waals surface area contributed by atoms with Crippen molar-refractivity contribution in [2.45, 2.75) is 19.4 Å². The maximum Gasteiger partial charge on any atom is 0.294 e. The number of hydrogen-bond donors (Lipinski definition) is 1. The number of nitro benzene ring substituents is 1. The second kappa shape index (κ2) is 9.40. The van der Waals surface area contributed by atoms with Gasteiger partial charge in [0, 0.05) is 55.1 Å². The van der Waals surface area contributed by atoms with Gasteiger partial charge in [0.15, 0.2) is 0 Å². The molecule has 0 aliphatic carbocycles. The minimum absolute atomic E-state index is 0.0538. The Hall–Kier alpha value is -3.69. The van der Waals surface area contributed by atoms with Gasteiger partial charge in [0.2, 0.25) is 5.95 Å². The van der Waals surface area contributed by atoms with Crippen LogP contribution in [-0.4, -0.2) is 57.6 Å². The van der Waals surface area contributed by atoms with Crippen molar-refractivity contribution in [1.82, 2.24) is 19.4 Å². The molecule has 10 heteroatoms. The van der Waals surface area contributed by atoms with Gasteiger partial charge in [-0.25, -0.2) is 9.97 Å². The lowest BCUT2D eigenvalue weighted by Gasteiger charge is -2.22. The van der Waals surface area contributed by atoms with E-state index in [4.69, 9.17) is 11.6 Å². The van der Waals surface area contributed by atoms with Crippen LogP contribution in [0.2, 0.25) is 5.02 Å². The van der Waals surface area contributed by atoms with Crippen LogP contribution in [0.25, 0.3) is 22.2 Å². The number of hydrogen-bond acceptors (Lipinski definition) is 7. The van der Waals surface area contributed by atoms with E-state index in [0.29, 0.717) is 34.1 Å². The number of rotatable bonds is 6. The average Bonchev–Trinajstić information content (AvgIpc) is 3.46. The van der Waals surface area contributed by atoms with Crippen LogP contribution in [0.4, 0.5) is 23.0 Å². The lowest BCUT2D eigenvalue weighted by Crippen LogP contribution is -2.31. The molecule has 0 amide bonds. The summed E-state index contributed by atoms with van der Waals surface area (Å²) in [4.78, 5) is 24.8. The summed E-state index contributed by atoms with van der Waals surface area (Å²) in [6.45, 7) is 3.61. The number of aryl methyl sites for hydroxylation is 2. The molecule has 36 heavy (non-hydrogen) atoms. The predicted octanol–water partition coefficient (Wildman–Crippen LogP) is 5.39. The molecule has 0 spiro atoms. The normalized spacial score (nSPS) is 15.7. The highest BCUT2D eigenvalue weighted by molar-refractivity contribution is 6.33. The molecular weight excluding hydrogens is 478 g/mol. The minimum atomic E-state index is -0.337. The fourth-order valence-electron chi connectivity index (χ4n) is 5.00. The minimum Gasteiger partial charge on any atom is -0.364 e. The highest BCUT2D eigenvalue weighted by atomic mass is 35.5. The van der Waals surface area contributed by atoms with Gasteiger partial charge in [-0.15, -0.1) is 0 Å². The van der Waals surface area contributed by atoms with E-state index < -0.39 is 0 Å². The molecule has 1 aliphatic rings. The topological polar surface area (TPSA) is 92.4 Å². The van der Waals surface area contributed by atoms with Crippen LogP contribution in [0.3, 0.4) is 0 Å². The molecule has 0 saturated carbocycles. The number of likely N-dealkylation sites (N-methyl/N-ethyl adjacent to an activating group) is 1. The van der Waals surface area contributed by atoms with Crippen molar-refractivity contribution in [2.24, 2.45) is 7.05 Å². The standard InChI is InChI=1S/C26H28ClN7O2/c1-16-6-5-7-19-20(15-32(4)25(16)19)24-21(27)13-28-26(30-24)29-17-8-9-22(23(12-17)34(35)36)33-11-10-18(14-33)31(2)3/h5-9,12-13,15,18H,10-11,14H2,1-4H3,(H,28,29,30)/t18-/m0/s1. The van der Waals surface area contributed by atoms with Gasteiger partial charge in [0.05, 0.1) is 27.4 Å². The highest BCUT2D eigenvalue weighted by Gasteiger charge is 2.29. The molecule has 2 aromatic heterocycles. The van der Waals surface area contributed by atoms with Crippen LogP contribution < -0.4 is 10.2 Å². The van der Waals surface area contributed by atoms with Gasteiger partial charge >= 0.3 is 0 Å². The molecule has 186 valence electrons. The second-order valence-corrected chi connectivity index (χ2v) is 9.86. The van der Waals surface area contributed by atoms with Gasteiger partial charge in [-0.2, -0.15) is 0 Å². The number of benzene rings is 2. The molecule has 1 saturated heterocycles. The van der Waals surface area contributed by atoms with Crippen molar-refractivity contribution in [3.05, 3.63) is 69.5 Å². The predicted molar refractivity (Wildman–Crippen MR) is 144 cm³/mol. The van der Waals surface area contributed by atoms with Crippen LogP contribution in [-0.2, 0) is 7.05 Å². The van der Waals surface area contributed by atoms with Gasteiger partial charge in [-0.3, -0.25) is 10.1 Å². The molecule has 0 unspecified atom stereocenters. The molecule has 0 bridgehead atoms.